The molecule has 1 saturated carbocycles. The van der Waals surface area contributed by atoms with Crippen LogP contribution in [0, 0.1) is 11.8 Å². The van der Waals surface area contributed by atoms with Crippen LogP contribution in [0.2, 0.25) is 0 Å². The molecule has 6 heteroatoms. The summed E-state index contributed by atoms with van der Waals surface area (Å²) in [6.07, 6.45) is -2.17. The van der Waals surface area contributed by atoms with Gasteiger partial charge < -0.3 is 4.90 Å². The van der Waals surface area contributed by atoms with Gasteiger partial charge in [0.25, 0.3) is 0 Å². The Bertz CT molecular complexity index is 307. The fourth-order valence-electron chi connectivity index (χ4n) is 2.50. The van der Waals surface area contributed by atoms with Crippen LogP contribution in [0.4, 0.5) is 13.2 Å². The number of hydrogen-bond acceptors (Lipinski definition) is 1. The van der Waals surface area contributed by atoms with E-state index in [0.29, 0.717) is 24.2 Å². The Morgan fingerprint density at radius 2 is 2.05 bits per heavy atom. The molecule has 1 amide bonds. The predicted octanol–water partition coefficient (Wildman–Crippen LogP) is 3.99. The van der Waals surface area contributed by atoms with Crippen LogP contribution >= 0.6 is 15.9 Å². The maximum Gasteiger partial charge on any atom is 0.391 e. The summed E-state index contributed by atoms with van der Waals surface area (Å²) in [6, 6.07) is 0. The lowest BCUT2D eigenvalue weighted by Crippen LogP contribution is -2.39. The molecule has 112 valence electrons. The van der Waals surface area contributed by atoms with E-state index in [0.717, 1.165) is 6.42 Å². The smallest absolute Gasteiger partial charge is 0.345 e. The number of hydrogen-bond donors (Lipinski definition) is 0. The molecule has 1 rings (SSSR count). The average Bonchev–Trinajstić information content (AvgIpc) is 2.34. The first-order chi connectivity index (χ1) is 8.71. The van der Waals surface area contributed by atoms with Crippen molar-refractivity contribution in [1.29, 1.82) is 0 Å². The van der Waals surface area contributed by atoms with Crippen LogP contribution in [-0.2, 0) is 4.79 Å². The van der Waals surface area contributed by atoms with Crippen molar-refractivity contribution in [1.82, 2.24) is 4.90 Å². The van der Waals surface area contributed by atoms with E-state index in [4.69, 9.17) is 0 Å². The molecular formula is C13H21BrF3NO. The molecule has 19 heavy (non-hydrogen) atoms. The molecule has 1 aliphatic rings. The zero-order valence-corrected chi connectivity index (χ0v) is 12.9. The maximum absolute atomic E-state index is 12.7. The van der Waals surface area contributed by atoms with Gasteiger partial charge in [-0.3, -0.25) is 4.79 Å². The van der Waals surface area contributed by atoms with E-state index in [9.17, 15) is 18.0 Å². The van der Waals surface area contributed by atoms with Crippen LogP contribution in [-0.4, -0.2) is 35.4 Å². The number of carbonyl (C=O) groups excluding carboxylic acids is 1. The fourth-order valence-corrected chi connectivity index (χ4v) is 2.71. The maximum atomic E-state index is 12.7. The molecule has 1 fully saturated rings. The first-order valence-electron chi connectivity index (χ1n) is 6.67. The van der Waals surface area contributed by atoms with Gasteiger partial charge in [0, 0.05) is 24.3 Å². The lowest BCUT2D eigenvalue weighted by molar-refractivity contribution is -0.187. The van der Waals surface area contributed by atoms with Gasteiger partial charge in [-0.15, -0.1) is 0 Å². The zero-order valence-electron chi connectivity index (χ0n) is 11.3. The molecule has 0 heterocycles. The zero-order chi connectivity index (χ0) is 14.6. The van der Waals surface area contributed by atoms with Gasteiger partial charge in [0.1, 0.15) is 0 Å². The molecule has 0 bridgehead atoms. The van der Waals surface area contributed by atoms with Gasteiger partial charge >= 0.3 is 6.18 Å². The van der Waals surface area contributed by atoms with Gasteiger partial charge in [-0.25, -0.2) is 0 Å². The van der Waals surface area contributed by atoms with E-state index < -0.39 is 18.0 Å². The van der Waals surface area contributed by atoms with Gasteiger partial charge in [0.2, 0.25) is 5.91 Å². The third-order valence-electron chi connectivity index (χ3n) is 3.72. The molecule has 0 aromatic heterocycles. The summed E-state index contributed by atoms with van der Waals surface area (Å²) in [7, 11) is 1.68. The molecule has 0 aromatic carbocycles. The monoisotopic (exact) mass is 343 g/mol. The number of nitrogens with zero attached hydrogens (tertiary/aromatic N) is 1. The Balaban J connectivity index is 2.52. The summed E-state index contributed by atoms with van der Waals surface area (Å²) in [5.74, 6) is -1.91. The third kappa shape index (κ3) is 5.32. The number of halogens is 4. The second-order valence-corrected chi connectivity index (χ2v) is 6.99. The first kappa shape index (κ1) is 16.8. The first-order valence-corrected chi connectivity index (χ1v) is 7.59. The van der Waals surface area contributed by atoms with E-state index >= 15 is 0 Å². The minimum atomic E-state index is -4.16. The van der Waals surface area contributed by atoms with Gasteiger partial charge in [-0.2, -0.15) is 13.2 Å². The Morgan fingerprint density at radius 3 is 2.58 bits per heavy atom. The molecule has 1 aliphatic carbocycles. The van der Waals surface area contributed by atoms with Gasteiger partial charge in [0.05, 0.1) is 5.92 Å². The molecule has 3 unspecified atom stereocenters. The topological polar surface area (TPSA) is 20.3 Å². The highest BCUT2D eigenvalue weighted by Gasteiger charge is 2.43. The predicted molar refractivity (Wildman–Crippen MR) is 72.1 cm³/mol. The van der Waals surface area contributed by atoms with Crippen LogP contribution in [0.15, 0.2) is 0 Å². The van der Waals surface area contributed by atoms with Crippen LogP contribution in [0.25, 0.3) is 0 Å². The average molecular weight is 344 g/mol. The van der Waals surface area contributed by atoms with Crippen LogP contribution in [0.1, 0.15) is 39.0 Å². The second-order valence-electron chi connectivity index (χ2n) is 5.43. The van der Waals surface area contributed by atoms with Crippen molar-refractivity contribution in [3.63, 3.8) is 0 Å². The minimum Gasteiger partial charge on any atom is -0.345 e. The van der Waals surface area contributed by atoms with E-state index in [1.165, 1.54) is 0 Å². The van der Waals surface area contributed by atoms with Crippen LogP contribution < -0.4 is 0 Å². The summed E-state index contributed by atoms with van der Waals surface area (Å²) >= 11 is 3.40. The molecule has 0 saturated heterocycles. The molecule has 0 N–H and O–H groups in total. The molecule has 0 aromatic rings. The van der Waals surface area contributed by atoms with Crippen molar-refractivity contribution in [2.75, 3.05) is 13.6 Å². The summed E-state index contributed by atoms with van der Waals surface area (Å²) in [5, 5.41) is 0. The number of amides is 1. The molecular weight excluding hydrogens is 323 g/mol. The molecule has 0 aliphatic heterocycles. The molecule has 3 atom stereocenters. The molecule has 0 spiro atoms. The Kier molecular flexibility index (Phi) is 6.15. The molecule has 0 radical (unpaired) electrons. The van der Waals surface area contributed by atoms with Crippen molar-refractivity contribution < 1.29 is 18.0 Å². The van der Waals surface area contributed by atoms with Crippen molar-refractivity contribution in [2.24, 2.45) is 11.8 Å². The second kappa shape index (κ2) is 6.95. The van der Waals surface area contributed by atoms with E-state index in [1.807, 2.05) is 6.92 Å². The van der Waals surface area contributed by atoms with Crippen molar-refractivity contribution in [3.8, 4) is 0 Å². The quantitative estimate of drug-likeness (QED) is 0.707. The number of carbonyl (C=O) groups is 1. The highest BCUT2D eigenvalue weighted by atomic mass is 79.9. The standard InChI is InChI=1S/C13H21BrF3NO/c1-9(14)6-7-18(2)12(19)10-4-3-5-11(8-10)13(15,16)17/h9-11H,3-8H2,1-2H3. The Labute approximate surface area is 120 Å². The van der Waals surface area contributed by atoms with E-state index in [1.54, 1.807) is 11.9 Å². The summed E-state index contributed by atoms with van der Waals surface area (Å²) in [4.78, 5) is 14.0. The third-order valence-corrected chi connectivity index (χ3v) is 4.18. The van der Waals surface area contributed by atoms with Crippen molar-refractivity contribution in [2.45, 2.75) is 50.0 Å². The highest BCUT2D eigenvalue weighted by molar-refractivity contribution is 9.09. The van der Waals surface area contributed by atoms with Gasteiger partial charge in [0.15, 0.2) is 0 Å². The minimum absolute atomic E-state index is 0.0451. The lowest BCUT2D eigenvalue weighted by atomic mass is 9.80. The SMILES string of the molecule is CC(Br)CCN(C)C(=O)C1CCCC(C(F)(F)F)C1. The van der Waals surface area contributed by atoms with Gasteiger partial charge in [-0.1, -0.05) is 29.3 Å². The summed E-state index contributed by atoms with van der Waals surface area (Å²) < 4.78 is 38.1. The fraction of sp³-hybridized carbons (Fsp3) is 0.923. The number of rotatable bonds is 4. The van der Waals surface area contributed by atoms with Crippen LogP contribution in [0.3, 0.4) is 0 Å². The summed E-state index contributed by atoms with van der Waals surface area (Å²) in [6.45, 7) is 2.57. The lowest BCUT2D eigenvalue weighted by Gasteiger charge is -2.32. The highest BCUT2D eigenvalue weighted by Crippen LogP contribution is 2.40. The summed E-state index contributed by atoms with van der Waals surface area (Å²) in [5.41, 5.74) is 0. The Hall–Kier alpha value is -0.260. The Morgan fingerprint density at radius 1 is 1.42 bits per heavy atom. The molecule has 2 nitrogen and oxygen atoms in total. The van der Waals surface area contributed by atoms with Gasteiger partial charge in [-0.05, 0) is 25.7 Å². The van der Waals surface area contributed by atoms with Crippen LogP contribution in [0.5, 0.6) is 0 Å². The normalized spacial score (nSPS) is 26.0. The van der Waals surface area contributed by atoms with E-state index in [-0.39, 0.29) is 18.7 Å². The largest absolute Gasteiger partial charge is 0.391 e. The van der Waals surface area contributed by atoms with Crippen molar-refractivity contribution >= 4 is 21.8 Å². The van der Waals surface area contributed by atoms with E-state index in [2.05, 4.69) is 15.9 Å². The number of alkyl halides is 4. The van der Waals surface area contributed by atoms with Crippen molar-refractivity contribution in [3.05, 3.63) is 0 Å².